The minimum absolute atomic E-state index is 0.197. The Labute approximate surface area is 79.2 Å². The lowest BCUT2D eigenvalue weighted by Gasteiger charge is -2.24. The second-order valence-electron chi connectivity index (χ2n) is 3.41. The number of hydrogen-bond acceptors (Lipinski definition) is 3. The molecule has 0 aliphatic carbocycles. The van der Waals surface area contributed by atoms with Crippen LogP contribution in [0.5, 0.6) is 0 Å². The van der Waals surface area contributed by atoms with Gasteiger partial charge < -0.3 is 10.1 Å². The van der Waals surface area contributed by atoms with Gasteiger partial charge in [0.2, 0.25) is 0 Å². The van der Waals surface area contributed by atoms with Crippen molar-refractivity contribution in [2.24, 2.45) is 0 Å². The maximum Gasteiger partial charge on any atom is 0.309 e. The Morgan fingerprint density at radius 2 is 2.38 bits per heavy atom. The molecule has 0 aromatic rings. The Hall–Kier alpha value is -0.830. The normalized spacial score (nSPS) is 22.4. The first-order valence-electron chi connectivity index (χ1n) is 4.72. The Morgan fingerprint density at radius 1 is 1.62 bits per heavy atom. The summed E-state index contributed by atoms with van der Waals surface area (Å²) in [6.07, 6.45) is 3.88. The first-order chi connectivity index (χ1) is 6.24. The van der Waals surface area contributed by atoms with Gasteiger partial charge in [0.1, 0.15) is 0 Å². The second-order valence-corrected chi connectivity index (χ2v) is 3.41. The van der Waals surface area contributed by atoms with E-state index in [0.29, 0.717) is 12.5 Å². The third kappa shape index (κ3) is 3.19. The van der Waals surface area contributed by atoms with Crippen molar-refractivity contribution in [2.75, 3.05) is 13.7 Å². The highest BCUT2D eigenvalue weighted by molar-refractivity contribution is 5.72. The van der Waals surface area contributed by atoms with Crippen molar-refractivity contribution >= 4 is 5.97 Å². The molecule has 13 heavy (non-hydrogen) atoms. The molecule has 0 bridgehead atoms. The highest BCUT2D eigenvalue weighted by atomic mass is 16.5. The number of esters is 1. The number of hydrogen-bond donors (Lipinski definition) is 1. The van der Waals surface area contributed by atoms with Crippen molar-refractivity contribution in [1.29, 1.82) is 0 Å². The van der Waals surface area contributed by atoms with Crippen LogP contribution in [0, 0.1) is 0 Å². The van der Waals surface area contributed by atoms with Crippen molar-refractivity contribution in [2.45, 2.75) is 31.7 Å². The van der Waals surface area contributed by atoms with E-state index in [1.165, 1.54) is 20.0 Å². The lowest BCUT2D eigenvalue weighted by molar-refractivity contribution is -0.139. The smallest absolute Gasteiger partial charge is 0.309 e. The maximum atomic E-state index is 11.0. The van der Waals surface area contributed by atoms with Crippen molar-refractivity contribution in [3.8, 4) is 0 Å². The molecule has 1 saturated heterocycles. The molecule has 0 aromatic carbocycles. The molecule has 0 saturated carbocycles. The van der Waals surface area contributed by atoms with E-state index >= 15 is 0 Å². The van der Waals surface area contributed by atoms with Crippen LogP contribution in [0.25, 0.3) is 0 Å². The summed E-state index contributed by atoms with van der Waals surface area (Å²) in [6.45, 7) is 4.94. The summed E-state index contributed by atoms with van der Waals surface area (Å²) in [6, 6.07) is 0.313. The van der Waals surface area contributed by atoms with Crippen LogP contribution in [0.15, 0.2) is 12.2 Å². The van der Waals surface area contributed by atoms with Gasteiger partial charge in [0, 0.05) is 6.04 Å². The van der Waals surface area contributed by atoms with E-state index in [9.17, 15) is 4.79 Å². The molecule has 1 heterocycles. The van der Waals surface area contributed by atoms with Gasteiger partial charge in [0.15, 0.2) is 0 Å². The maximum absolute atomic E-state index is 11.0. The van der Waals surface area contributed by atoms with Gasteiger partial charge in [-0.3, -0.25) is 4.79 Å². The molecule has 1 aliphatic rings. The molecule has 74 valence electrons. The van der Waals surface area contributed by atoms with E-state index in [4.69, 9.17) is 0 Å². The fraction of sp³-hybridized carbons (Fsp3) is 0.700. The average Bonchev–Trinajstić information content (AvgIpc) is 2.19. The van der Waals surface area contributed by atoms with Crippen molar-refractivity contribution in [1.82, 2.24) is 5.32 Å². The topological polar surface area (TPSA) is 38.3 Å². The zero-order valence-electron chi connectivity index (χ0n) is 8.14. The minimum atomic E-state index is -0.197. The molecule has 1 unspecified atom stereocenters. The van der Waals surface area contributed by atoms with Crippen molar-refractivity contribution in [3.05, 3.63) is 12.2 Å². The predicted octanol–water partition coefficient (Wildman–Crippen LogP) is 1.25. The Balaban J connectivity index is 2.33. The summed E-state index contributed by atoms with van der Waals surface area (Å²) in [5.41, 5.74) is 0.951. The molecular formula is C10H17NO2. The van der Waals surface area contributed by atoms with E-state index in [1.807, 2.05) is 0 Å². The third-order valence-electron chi connectivity index (χ3n) is 2.40. The predicted molar refractivity (Wildman–Crippen MR) is 51.4 cm³/mol. The van der Waals surface area contributed by atoms with E-state index in [1.54, 1.807) is 0 Å². The Morgan fingerprint density at radius 3 is 2.92 bits per heavy atom. The fourth-order valence-corrected chi connectivity index (χ4v) is 1.58. The van der Waals surface area contributed by atoms with Gasteiger partial charge in [0.25, 0.3) is 0 Å². The van der Waals surface area contributed by atoms with Gasteiger partial charge in [-0.05, 0) is 25.0 Å². The van der Waals surface area contributed by atoms with Crippen LogP contribution in [-0.4, -0.2) is 25.7 Å². The monoisotopic (exact) mass is 183 g/mol. The Kier molecular flexibility index (Phi) is 3.96. The standard InChI is InChI=1S/C10H17NO2/c1-8(7-10(12)13-2)9-5-3-4-6-11-9/h9,11H,1,3-7H2,2H3. The number of ether oxygens (including phenoxy) is 1. The quantitative estimate of drug-likeness (QED) is 0.528. The van der Waals surface area contributed by atoms with Crippen LogP contribution in [0.4, 0.5) is 0 Å². The van der Waals surface area contributed by atoms with Gasteiger partial charge in [-0.15, -0.1) is 0 Å². The van der Waals surface area contributed by atoms with Crippen LogP contribution >= 0.6 is 0 Å². The Bertz CT molecular complexity index is 195. The largest absolute Gasteiger partial charge is 0.469 e. The van der Waals surface area contributed by atoms with E-state index < -0.39 is 0 Å². The average molecular weight is 183 g/mol. The molecule has 3 heteroatoms. The molecule has 1 fully saturated rings. The fourth-order valence-electron chi connectivity index (χ4n) is 1.58. The molecule has 1 N–H and O–H groups in total. The number of methoxy groups -OCH3 is 1. The first kappa shape index (κ1) is 10.3. The third-order valence-corrected chi connectivity index (χ3v) is 2.40. The van der Waals surface area contributed by atoms with E-state index in [0.717, 1.165) is 18.5 Å². The molecule has 3 nitrogen and oxygen atoms in total. The molecule has 0 amide bonds. The number of carbonyl (C=O) groups is 1. The van der Waals surface area contributed by atoms with Crippen molar-refractivity contribution < 1.29 is 9.53 Å². The van der Waals surface area contributed by atoms with Gasteiger partial charge in [0.05, 0.1) is 13.5 Å². The zero-order valence-corrected chi connectivity index (χ0v) is 8.14. The van der Waals surface area contributed by atoms with Crippen LogP contribution in [0.3, 0.4) is 0 Å². The molecule has 1 atom stereocenters. The summed E-state index contributed by atoms with van der Waals surface area (Å²) in [4.78, 5) is 11.0. The summed E-state index contributed by atoms with van der Waals surface area (Å²) >= 11 is 0. The molecule has 1 rings (SSSR count). The first-order valence-corrected chi connectivity index (χ1v) is 4.72. The minimum Gasteiger partial charge on any atom is -0.469 e. The van der Waals surface area contributed by atoms with Crippen molar-refractivity contribution in [3.63, 3.8) is 0 Å². The van der Waals surface area contributed by atoms with Gasteiger partial charge in [-0.2, -0.15) is 0 Å². The van der Waals surface area contributed by atoms with Crippen LogP contribution in [0.2, 0.25) is 0 Å². The van der Waals surface area contributed by atoms with Gasteiger partial charge >= 0.3 is 5.97 Å². The number of nitrogens with one attached hydrogen (secondary N) is 1. The lowest BCUT2D eigenvalue weighted by atomic mass is 9.97. The van der Waals surface area contributed by atoms with Crippen LogP contribution in [0.1, 0.15) is 25.7 Å². The summed E-state index contributed by atoms with van der Waals surface area (Å²) in [5, 5.41) is 3.34. The zero-order chi connectivity index (χ0) is 9.68. The second kappa shape index (κ2) is 5.02. The van der Waals surface area contributed by atoms with Gasteiger partial charge in [-0.25, -0.2) is 0 Å². The highest BCUT2D eigenvalue weighted by Crippen LogP contribution is 2.16. The van der Waals surface area contributed by atoms with Gasteiger partial charge in [-0.1, -0.05) is 13.0 Å². The summed E-state index contributed by atoms with van der Waals surface area (Å²) in [7, 11) is 1.41. The van der Waals surface area contributed by atoms with Crippen LogP contribution in [-0.2, 0) is 9.53 Å². The molecular weight excluding hydrogens is 166 g/mol. The van der Waals surface area contributed by atoms with E-state index in [-0.39, 0.29) is 5.97 Å². The number of rotatable bonds is 3. The lowest BCUT2D eigenvalue weighted by Crippen LogP contribution is -2.35. The SMILES string of the molecule is C=C(CC(=O)OC)C1CCCCN1. The highest BCUT2D eigenvalue weighted by Gasteiger charge is 2.17. The number of carbonyl (C=O) groups excluding carboxylic acids is 1. The summed E-state index contributed by atoms with van der Waals surface area (Å²) < 4.78 is 4.58. The summed E-state index contributed by atoms with van der Waals surface area (Å²) in [5.74, 6) is -0.197. The molecule has 0 radical (unpaired) electrons. The molecule has 0 aromatic heterocycles. The van der Waals surface area contributed by atoms with Crippen LogP contribution < -0.4 is 5.32 Å². The molecule has 0 spiro atoms. The van der Waals surface area contributed by atoms with E-state index in [2.05, 4.69) is 16.6 Å². The number of piperidine rings is 1. The molecule has 1 aliphatic heterocycles.